The summed E-state index contributed by atoms with van der Waals surface area (Å²) >= 11 is 6.60. The van der Waals surface area contributed by atoms with Gasteiger partial charge in [0.25, 0.3) is 0 Å². The fourth-order valence-electron chi connectivity index (χ4n) is 2.74. The lowest BCUT2D eigenvalue weighted by molar-refractivity contribution is 0.414. The Morgan fingerprint density at radius 3 is 2.72 bits per heavy atom. The van der Waals surface area contributed by atoms with E-state index in [-0.39, 0.29) is 4.87 Å². The summed E-state index contributed by atoms with van der Waals surface area (Å²) in [7, 11) is 1.62. The average molecular weight is 370 g/mol. The van der Waals surface area contributed by atoms with E-state index in [4.69, 9.17) is 17.0 Å². The largest absolute Gasteiger partial charge is 0.497 e. The lowest BCUT2D eigenvalue weighted by atomic mass is 10.3. The molecule has 0 saturated carbocycles. The van der Waals surface area contributed by atoms with Crippen LogP contribution in [0.15, 0.2) is 53.3 Å². The van der Waals surface area contributed by atoms with E-state index < -0.39 is 0 Å². The van der Waals surface area contributed by atoms with Crippen LogP contribution < -0.4 is 9.61 Å². The number of methoxy groups -OCH3 is 1. The van der Waals surface area contributed by atoms with Gasteiger partial charge in [-0.15, -0.1) is 0 Å². The minimum atomic E-state index is -0.0172. The number of benzene rings is 2. The molecule has 0 unspecified atom stereocenters. The van der Waals surface area contributed by atoms with Gasteiger partial charge in [-0.05, 0) is 48.6 Å². The van der Waals surface area contributed by atoms with Crippen molar-refractivity contribution in [3.63, 3.8) is 0 Å². The molecule has 0 bridgehead atoms. The van der Waals surface area contributed by atoms with Gasteiger partial charge in [-0.2, -0.15) is 5.10 Å². The number of rotatable bonds is 4. The molecule has 0 saturated heterocycles. The van der Waals surface area contributed by atoms with Crippen LogP contribution in [0.4, 0.5) is 0 Å². The van der Waals surface area contributed by atoms with Gasteiger partial charge in [0.2, 0.25) is 0 Å². The Morgan fingerprint density at radius 1 is 1.20 bits per heavy atom. The average Bonchev–Trinajstić information content (AvgIpc) is 3.15. The van der Waals surface area contributed by atoms with Gasteiger partial charge in [0, 0.05) is 5.69 Å². The maximum absolute atomic E-state index is 12.4. The first-order valence-corrected chi connectivity index (χ1v) is 8.79. The molecule has 0 fully saturated rings. The first kappa shape index (κ1) is 15.8. The van der Waals surface area contributed by atoms with Crippen molar-refractivity contribution in [2.75, 3.05) is 7.11 Å². The number of para-hydroxylation sites is 1. The van der Waals surface area contributed by atoms with Crippen molar-refractivity contribution in [3.8, 4) is 11.4 Å². The molecule has 6 nitrogen and oxygen atoms in total. The molecule has 0 aliphatic rings. The van der Waals surface area contributed by atoms with E-state index in [1.54, 1.807) is 11.7 Å². The second kappa shape index (κ2) is 6.30. The van der Waals surface area contributed by atoms with E-state index in [2.05, 4.69) is 10.2 Å². The van der Waals surface area contributed by atoms with Gasteiger partial charge in [0.15, 0.2) is 10.6 Å². The minimum Gasteiger partial charge on any atom is -0.497 e. The van der Waals surface area contributed by atoms with Gasteiger partial charge in [-0.3, -0.25) is 19.0 Å². The predicted octanol–water partition coefficient (Wildman–Crippen LogP) is 3.36. The topological polar surface area (TPSA) is 64.8 Å². The van der Waals surface area contributed by atoms with Gasteiger partial charge in [0.1, 0.15) is 5.75 Å². The van der Waals surface area contributed by atoms with E-state index in [0.717, 1.165) is 21.7 Å². The van der Waals surface area contributed by atoms with Crippen LogP contribution >= 0.6 is 23.6 Å². The highest BCUT2D eigenvalue weighted by Gasteiger charge is 2.13. The Hall–Kier alpha value is -2.71. The van der Waals surface area contributed by atoms with Crippen LogP contribution in [0.1, 0.15) is 5.82 Å². The molecule has 0 aliphatic heterocycles. The third-order valence-electron chi connectivity index (χ3n) is 3.95. The van der Waals surface area contributed by atoms with E-state index >= 15 is 0 Å². The summed E-state index contributed by atoms with van der Waals surface area (Å²) in [6, 6.07) is 15.3. The molecule has 4 rings (SSSR count). The maximum Gasteiger partial charge on any atom is 0.308 e. The summed E-state index contributed by atoms with van der Waals surface area (Å²) in [5.74, 6) is 1.43. The molecule has 0 atom stereocenters. The molecular formula is C17H14N4O2S2. The molecule has 0 amide bonds. The lowest BCUT2D eigenvalue weighted by Crippen LogP contribution is -2.16. The Kier molecular flexibility index (Phi) is 3.98. The predicted molar refractivity (Wildman–Crippen MR) is 100 cm³/mol. The maximum atomic E-state index is 12.4. The molecule has 2 aromatic heterocycles. The number of nitrogens with one attached hydrogen (secondary N) is 1. The second-order valence-corrected chi connectivity index (χ2v) is 6.78. The van der Waals surface area contributed by atoms with E-state index in [1.165, 1.54) is 11.3 Å². The standard InChI is InChI=1S/C17H14N4O2S2/c1-23-12-8-6-11(7-9-12)21-15(18-19-16(21)24)10-20-13-4-2-3-5-14(13)25-17(20)22/h2-9H,10H2,1H3,(H,19,24). The third kappa shape index (κ3) is 2.79. The molecule has 126 valence electrons. The second-order valence-electron chi connectivity index (χ2n) is 5.40. The Balaban J connectivity index is 1.80. The van der Waals surface area contributed by atoms with Crippen LogP contribution in [-0.4, -0.2) is 26.4 Å². The molecular weight excluding hydrogens is 356 g/mol. The summed E-state index contributed by atoms with van der Waals surface area (Å²) in [6.07, 6.45) is 0. The minimum absolute atomic E-state index is 0.0172. The van der Waals surface area contributed by atoms with Gasteiger partial charge >= 0.3 is 4.87 Å². The van der Waals surface area contributed by atoms with Crippen molar-refractivity contribution in [2.45, 2.75) is 6.54 Å². The highest BCUT2D eigenvalue weighted by molar-refractivity contribution is 7.71. The van der Waals surface area contributed by atoms with Crippen molar-refractivity contribution in [2.24, 2.45) is 0 Å². The van der Waals surface area contributed by atoms with Crippen LogP contribution in [0, 0.1) is 4.77 Å². The number of aromatic nitrogens is 4. The van der Waals surface area contributed by atoms with Gasteiger partial charge in [-0.1, -0.05) is 23.5 Å². The van der Waals surface area contributed by atoms with Gasteiger partial charge < -0.3 is 4.74 Å². The van der Waals surface area contributed by atoms with Crippen LogP contribution in [0.5, 0.6) is 5.75 Å². The van der Waals surface area contributed by atoms with Crippen molar-refractivity contribution < 1.29 is 4.74 Å². The summed E-state index contributed by atoms with van der Waals surface area (Å²) in [5, 5.41) is 7.13. The molecule has 8 heteroatoms. The Morgan fingerprint density at radius 2 is 1.96 bits per heavy atom. The molecule has 25 heavy (non-hydrogen) atoms. The molecule has 0 radical (unpaired) electrons. The first-order chi connectivity index (χ1) is 12.2. The molecule has 0 aliphatic carbocycles. The normalized spacial score (nSPS) is 11.1. The number of nitrogens with zero attached hydrogens (tertiary/aromatic N) is 3. The summed E-state index contributed by atoms with van der Waals surface area (Å²) < 4.78 is 10.2. The Bertz CT molecular complexity index is 1150. The summed E-state index contributed by atoms with van der Waals surface area (Å²) in [4.78, 5) is 12.4. The zero-order valence-corrected chi connectivity index (χ0v) is 14.9. The fourth-order valence-corrected chi connectivity index (χ4v) is 3.89. The van der Waals surface area contributed by atoms with Gasteiger partial charge in [0.05, 0.1) is 23.9 Å². The number of hydrogen-bond acceptors (Lipinski definition) is 5. The summed E-state index contributed by atoms with van der Waals surface area (Å²) in [5.41, 5.74) is 1.76. The van der Waals surface area contributed by atoms with E-state index in [1.807, 2.05) is 53.1 Å². The molecule has 4 aromatic rings. The zero-order chi connectivity index (χ0) is 17.4. The Labute approximate surface area is 151 Å². The summed E-state index contributed by atoms with van der Waals surface area (Å²) in [6.45, 7) is 0.335. The van der Waals surface area contributed by atoms with Crippen molar-refractivity contribution in [3.05, 3.63) is 68.8 Å². The number of H-pyrrole nitrogens is 1. The number of fused-ring (bicyclic) bond motifs is 1. The van der Waals surface area contributed by atoms with Crippen LogP contribution in [0.2, 0.25) is 0 Å². The smallest absolute Gasteiger partial charge is 0.308 e. The highest BCUT2D eigenvalue weighted by Crippen LogP contribution is 2.20. The van der Waals surface area contributed by atoms with Crippen molar-refractivity contribution >= 4 is 33.8 Å². The van der Waals surface area contributed by atoms with Crippen LogP contribution in [0.25, 0.3) is 15.9 Å². The number of aromatic amines is 1. The molecule has 1 N–H and O–H groups in total. The van der Waals surface area contributed by atoms with Crippen molar-refractivity contribution in [1.29, 1.82) is 0 Å². The SMILES string of the molecule is COc1ccc(-n2c(Cn3c(=O)sc4ccccc43)n[nH]c2=S)cc1. The first-order valence-electron chi connectivity index (χ1n) is 7.56. The van der Waals surface area contributed by atoms with Crippen LogP contribution in [-0.2, 0) is 6.54 Å². The monoisotopic (exact) mass is 370 g/mol. The molecule has 2 aromatic carbocycles. The number of ether oxygens (including phenoxy) is 1. The zero-order valence-electron chi connectivity index (χ0n) is 13.3. The van der Waals surface area contributed by atoms with Crippen molar-refractivity contribution in [1.82, 2.24) is 19.3 Å². The number of thiazole rings is 1. The lowest BCUT2D eigenvalue weighted by Gasteiger charge is -2.08. The van der Waals surface area contributed by atoms with E-state index in [0.29, 0.717) is 17.1 Å². The fraction of sp³-hybridized carbons (Fsp3) is 0.118. The van der Waals surface area contributed by atoms with Gasteiger partial charge in [-0.25, -0.2) is 0 Å². The quantitative estimate of drug-likeness (QED) is 0.560. The number of hydrogen-bond donors (Lipinski definition) is 1. The van der Waals surface area contributed by atoms with Crippen LogP contribution in [0.3, 0.4) is 0 Å². The molecule has 2 heterocycles. The third-order valence-corrected chi connectivity index (χ3v) is 5.18. The van der Waals surface area contributed by atoms with E-state index in [9.17, 15) is 4.79 Å². The highest BCUT2D eigenvalue weighted by atomic mass is 32.1. The molecule has 0 spiro atoms.